The maximum Gasteiger partial charge on any atom is 0.243 e. The van der Waals surface area contributed by atoms with Gasteiger partial charge in [-0.25, -0.2) is 0 Å². The van der Waals surface area contributed by atoms with Crippen molar-refractivity contribution < 1.29 is 14.3 Å². The lowest BCUT2D eigenvalue weighted by atomic mass is 10.1. The summed E-state index contributed by atoms with van der Waals surface area (Å²) in [5, 5.41) is 6.40. The molecule has 5 nitrogen and oxygen atoms in total. The Labute approximate surface area is 169 Å². The van der Waals surface area contributed by atoms with Crippen molar-refractivity contribution in [2.75, 3.05) is 18.5 Å². The summed E-state index contributed by atoms with van der Waals surface area (Å²) in [7, 11) is 0. The lowest BCUT2D eigenvalue weighted by molar-refractivity contribution is -0.124. The molecule has 0 heterocycles. The Morgan fingerprint density at radius 2 is 1.74 bits per heavy atom. The monoisotopic (exact) mass is 408 g/mol. The number of para-hydroxylation sites is 1. The molecule has 2 amide bonds. The van der Waals surface area contributed by atoms with Crippen LogP contribution < -0.4 is 15.4 Å². The molecule has 0 aliphatic carbocycles. The number of carbonyl (C=O) groups excluding carboxylic acids is 2. The highest BCUT2D eigenvalue weighted by molar-refractivity contribution is 6.35. The molecule has 144 valence electrons. The van der Waals surface area contributed by atoms with Crippen LogP contribution in [0, 0.1) is 13.8 Å². The van der Waals surface area contributed by atoms with E-state index in [2.05, 4.69) is 10.6 Å². The highest BCUT2D eigenvalue weighted by atomic mass is 35.5. The molecule has 0 bridgehead atoms. The van der Waals surface area contributed by atoms with E-state index in [1.807, 2.05) is 32.0 Å². The Morgan fingerprint density at radius 1 is 1.04 bits per heavy atom. The lowest BCUT2D eigenvalue weighted by Gasteiger charge is -2.12. The van der Waals surface area contributed by atoms with E-state index in [1.54, 1.807) is 18.2 Å². The van der Waals surface area contributed by atoms with Gasteiger partial charge in [-0.2, -0.15) is 0 Å². The van der Waals surface area contributed by atoms with Crippen LogP contribution in [0.2, 0.25) is 10.0 Å². The Morgan fingerprint density at radius 3 is 2.41 bits per heavy atom. The quantitative estimate of drug-likeness (QED) is 0.630. The van der Waals surface area contributed by atoms with Gasteiger partial charge in [0, 0.05) is 17.1 Å². The Bertz CT molecular complexity index is 805. The predicted molar refractivity (Wildman–Crippen MR) is 109 cm³/mol. The fourth-order valence-corrected chi connectivity index (χ4v) is 2.93. The first-order valence-electron chi connectivity index (χ1n) is 8.57. The van der Waals surface area contributed by atoms with Crippen LogP contribution in [-0.4, -0.2) is 25.0 Å². The molecule has 0 spiro atoms. The molecular weight excluding hydrogens is 387 g/mol. The standard InChI is InChI=1S/C20H22Cl2N2O3/c1-13-5-3-6-14(2)20(13)24-19(26)12-23-18(25)7-4-10-27-17-9-8-15(21)11-16(17)22/h3,5-6,8-9,11H,4,7,10,12H2,1-2H3,(H,23,25)(H,24,26). The van der Waals surface area contributed by atoms with E-state index in [1.165, 1.54) is 0 Å². The molecule has 0 aliphatic heterocycles. The average molecular weight is 409 g/mol. The van der Waals surface area contributed by atoms with Crippen LogP contribution in [0.4, 0.5) is 5.69 Å². The van der Waals surface area contributed by atoms with Crippen molar-refractivity contribution in [3.05, 3.63) is 57.6 Å². The molecule has 27 heavy (non-hydrogen) atoms. The maximum absolute atomic E-state index is 12.0. The van der Waals surface area contributed by atoms with E-state index >= 15 is 0 Å². The molecule has 0 unspecified atom stereocenters. The fourth-order valence-electron chi connectivity index (χ4n) is 2.47. The lowest BCUT2D eigenvalue weighted by Crippen LogP contribution is -2.33. The molecule has 0 aromatic heterocycles. The number of benzene rings is 2. The van der Waals surface area contributed by atoms with Crippen LogP contribution in [0.3, 0.4) is 0 Å². The van der Waals surface area contributed by atoms with Gasteiger partial charge in [0.2, 0.25) is 11.8 Å². The number of aryl methyl sites for hydroxylation is 2. The third kappa shape index (κ3) is 6.77. The fraction of sp³-hybridized carbons (Fsp3) is 0.300. The van der Waals surface area contributed by atoms with E-state index in [4.69, 9.17) is 27.9 Å². The zero-order valence-corrected chi connectivity index (χ0v) is 16.8. The molecule has 7 heteroatoms. The van der Waals surface area contributed by atoms with Gasteiger partial charge in [-0.3, -0.25) is 9.59 Å². The number of nitrogens with one attached hydrogen (secondary N) is 2. The van der Waals surface area contributed by atoms with Crippen molar-refractivity contribution in [3.8, 4) is 5.75 Å². The zero-order chi connectivity index (χ0) is 19.8. The van der Waals surface area contributed by atoms with E-state index in [-0.39, 0.29) is 24.8 Å². The van der Waals surface area contributed by atoms with Crippen molar-refractivity contribution in [2.24, 2.45) is 0 Å². The van der Waals surface area contributed by atoms with Crippen LogP contribution >= 0.6 is 23.2 Å². The largest absolute Gasteiger partial charge is 0.492 e. The van der Waals surface area contributed by atoms with Crippen LogP contribution in [-0.2, 0) is 9.59 Å². The molecule has 0 aliphatic rings. The van der Waals surface area contributed by atoms with Crippen LogP contribution in [0.15, 0.2) is 36.4 Å². The third-order valence-corrected chi connectivity index (χ3v) is 4.42. The molecule has 0 saturated heterocycles. The second-order valence-electron chi connectivity index (χ2n) is 6.12. The first-order valence-corrected chi connectivity index (χ1v) is 9.33. The van der Waals surface area contributed by atoms with Gasteiger partial charge < -0.3 is 15.4 Å². The first kappa shape index (κ1) is 21.1. The van der Waals surface area contributed by atoms with Gasteiger partial charge >= 0.3 is 0 Å². The second-order valence-corrected chi connectivity index (χ2v) is 6.96. The number of carbonyl (C=O) groups is 2. The van der Waals surface area contributed by atoms with Crippen molar-refractivity contribution in [2.45, 2.75) is 26.7 Å². The highest BCUT2D eigenvalue weighted by Crippen LogP contribution is 2.27. The van der Waals surface area contributed by atoms with E-state index < -0.39 is 0 Å². The summed E-state index contributed by atoms with van der Waals surface area (Å²) in [6.07, 6.45) is 0.755. The molecule has 2 rings (SSSR count). The normalized spacial score (nSPS) is 10.4. The summed E-state index contributed by atoms with van der Waals surface area (Å²) in [5.74, 6) is 0.0526. The Hall–Kier alpha value is -2.24. The Balaban J connectivity index is 1.68. The third-order valence-electron chi connectivity index (χ3n) is 3.89. The van der Waals surface area contributed by atoms with Gasteiger partial charge in [0.15, 0.2) is 0 Å². The van der Waals surface area contributed by atoms with Gasteiger partial charge in [-0.15, -0.1) is 0 Å². The maximum atomic E-state index is 12.0. The van der Waals surface area contributed by atoms with Gasteiger partial charge in [0.05, 0.1) is 18.2 Å². The van der Waals surface area contributed by atoms with Gasteiger partial charge in [-0.1, -0.05) is 41.4 Å². The van der Waals surface area contributed by atoms with E-state index in [9.17, 15) is 9.59 Å². The minimum absolute atomic E-state index is 0.0729. The number of amides is 2. The van der Waals surface area contributed by atoms with Crippen molar-refractivity contribution in [3.63, 3.8) is 0 Å². The van der Waals surface area contributed by atoms with E-state index in [0.29, 0.717) is 28.8 Å². The van der Waals surface area contributed by atoms with Crippen LogP contribution in [0.1, 0.15) is 24.0 Å². The molecule has 2 aromatic rings. The molecule has 2 N–H and O–H groups in total. The first-order chi connectivity index (χ1) is 12.9. The second kappa shape index (κ2) is 10.2. The molecule has 0 fully saturated rings. The van der Waals surface area contributed by atoms with Crippen LogP contribution in [0.25, 0.3) is 0 Å². The summed E-state index contributed by atoms with van der Waals surface area (Å²) in [5.41, 5.74) is 2.74. The Kier molecular flexibility index (Phi) is 7.95. The molecular formula is C20H22Cl2N2O3. The van der Waals surface area contributed by atoms with Crippen molar-refractivity contribution in [1.29, 1.82) is 0 Å². The van der Waals surface area contributed by atoms with Crippen molar-refractivity contribution >= 4 is 40.7 Å². The summed E-state index contributed by atoms with van der Waals surface area (Å²) >= 11 is 11.8. The minimum Gasteiger partial charge on any atom is -0.492 e. The minimum atomic E-state index is -0.259. The average Bonchev–Trinajstić information content (AvgIpc) is 2.61. The van der Waals surface area contributed by atoms with Crippen molar-refractivity contribution in [1.82, 2.24) is 5.32 Å². The van der Waals surface area contributed by atoms with Gasteiger partial charge in [0.25, 0.3) is 0 Å². The molecule has 0 saturated carbocycles. The number of hydrogen-bond donors (Lipinski definition) is 2. The SMILES string of the molecule is Cc1cccc(C)c1NC(=O)CNC(=O)CCCOc1ccc(Cl)cc1Cl. The van der Waals surface area contributed by atoms with Gasteiger partial charge in [-0.05, 0) is 49.6 Å². The number of ether oxygens (including phenoxy) is 1. The van der Waals surface area contributed by atoms with E-state index in [0.717, 1.165) is 16.8 Å². The summed E-state index contributed by atoms with van der Waals surface area (Å²) in [6.45, 7) is 4.11. The predicted octanol–water partition coefficient (Wildman–Crippen LogP) is 4.52. The van der Waals surface area contributed by atoms with Crippen LogP contribution in [0.5, 0.6) is 5.75 Å². The number of rotatable bonds is 8. The summed E-state index contributed by atoms with van der Waals surface area (Å²) in [4.78, 5) is 23.9. The smallest absolute Gasteiger partial charge is 0.243 e. The molecule has 2 aromatic carbocycles. The number of anilines is 1. The number of halogens is 2. The zero-order valence-electron chi connectivity index (χ0n) is 15.3. The summed E-state index contributed by atoms with van der Waals surface area (Å²) in [6, 6.07) is 10.7. The summed E-state index contributed by atoms with van der Waals surface area (Å²) < 4.78 is 5.52. The number of hydrogen-bond acceptors (Lipinski definition) is 3. The van der Waals surface area contributed by atoms with Gasteiger partial charge in [0.1, 0.15) is 5.75 Å². The topological polar surface area (TPSA) is 67.4 Å². The molecule has 0 radical (unpaired) electrons. The highest BCUT2D eigenvalue weighted by Gasteiger charge is 2.09. The molecule has 0 atom stereocenters.